The molecule has 3 rings (SSSR count). The molecular weight excluding hydrogens is 261 g/mol. The lowest BCUT2D eigenvalue weighted by Gasteiger charge is -2.12. The van der Waals surface area contributed by atoms with Gasteiger partial charge in [-0.1, -0.05) is 0 Å². The van der Waals surface area contributed by atoms with Gasteiger partial charge >= 0.3 is 6.18 Å². The summed E-state index contributed by atoms with van der Waals surface area (Å²) < 4.78 is 43.8. The third kappa shape index (κ3) is 1.88. The molecule has 1 aliphatic rings. The Labute approximate surface area is 106 Å². The number of thiophene rings is 1. The minimum absolute atomic E-state index is 0.413. The zero-order chi connectivity index (χ0) is 12.8. The van der Waals surface area contributed by atoms with Gasteiger partial charge in [-0.3, -0.25) is 0 Å². The van der Waals surface area contributed by atoms with E-state index in [0.717, 1.165) is 17.7 Å². The first-order valence-electron chi connectivity index (χ1n) is 5.31. The highest BCUT2D eigenvalue weighted by Gasteiger charge is 2.33. The number of ether oxygens (including phenoxy) is 1. The van der Waals surface area contributed by atoms with Crippen molar-refractivity contribution in [1.29, 1.82) is 0 Å². The lowest BCUT2D eigenvalue weighted by Crippen LogP contribution is -2.05. The van der Waals surface area contributed by atoms with Gasteiger partial charge in [-0.25, -0.2) is 0 Å². The highest BCUT2D eigenvalue weighted by molar-refractivity contribution is 7.08. The summed E-state index contributed by atoms with van der Waals surface area (Å²) in [7, 11) is 0. The Morgan fingerprint density at radius 2 is 2.06 bits per heavy atom. The molecule has 1 radical (unpaired) electrons. The third-order valence-electron chi connectivity index (χ3n) is 2.83. The van der Waals surface area contributed by atoms with Crippen LogP contribution in [0.2, 0.25) is 0 Å². The summed E-state index contributed by atoms with van der Waals surface area (Å²) >= 11 is 1.45. The molecule has 2 heterocycles. The molecule has 0 spiro atoms. The van der Waals surface area contributed by atoms with Crippen molar-refractivity contribution in [3.63, 3.8) is 0 Å². The van der Waals surface area contributed by atoms with Gasteiger partial charge in [0.05, 0.1) is 5.56 Å². The predicted octanol–water partition coefficient (Wildman–Crippen LogP) is 4.53. The number of halogens is 3. The van der Waals surface area contributed by atoms with E-state index in [1.54, 1.807) is 6.07 Å². The van der Waals surface area contributed by atoms with Crippen LogP contribution in [0.25, 0.3) is 11.1 Å². The Morgan fingerprint density at radius 1 is 1.22 bits per heavy atom. The van der Waals surface area contributed by atoms with Crippen LogP contribution in [0.3, 0.4) is 0 Å². The van der Waals surface area contributed by atoms with E-state index in [9.17, 15) is 13.2 Å². The van der Waals surface area contributed by atoms with Crippen molar-refractivity contribution in [3.8, 4) is 16.9 Å². The largest absolute Gasteiger partial charge is 0.485 e. The van der Waals surface area contributed by atoms with Gasteiger partial charge in [-0.2, -0.15) is 24.5 Å². The van der Waals surface area contributed by atoms with Crippen LogP contribution in [0.5, 0.6) is 5.75 Å². The van der Waals surface area contributed by atoms with Crippen LogP contribution in [-0.4, -0.2) is 0 Å². The van der Waals surface area contributed by atoms with Crippen LogP contribution < -0.4 is 4.74 Å². The smallest absolute Gasteiger partial charge is 0.416 e. The molecule has 0 saturated heterocycles. The minimum atomic E-state index is -4.33. The number of hydrogen-bond acceptors (Lipinski definition) is 2. The maximum Gasteiger partial charge on any atom is 0.416 e. The van der Waals surface area contributed by atoms with E-state index in [-0.39, 0.29) is 0 Å². The molecule has 0 fully saturated rings. The molecule has 5 heteroatoms. The van der Waals surface area contributed by atoms with Crippen LogP contribution in [0.4, 0.5) is 13.2 Å². The van der Waals surface area contributed by atoms with E-state index in [1.807, 2.05) is 10.8 Å². The number of benzene rings is 1. The average Bonchev–Trinajstić information content (AvgIpc) is 2.97. The van der Waals surface area contributed by atoms with E-state index < -0.39 is 11.7 Å². The summed E-state index contributed by atoms with van der Waals surface area (Å²) in [4.78, 5) is 0. The second-order valence-electron chi connectivity index (χ2n) is 4.01. The highest BCUT2D eigenvalue weighted by Crippen LogP contribution is 2.43. The molecular formula is C13H8F3OS. The van der Waals surface area contributed by atoms with Crippen LogP contribution in [0, 0.1) is 6.61 Å². The summed E-state index contributed by atoms with van der Waals surface area (Å²) in [6.45, 7) is 1.53. The van der Waals surface area contributed by atoms with Crippen molar-refractivity contribution < 1.29 is 17.9 Å². The Bertz CT molecular complexity index is 573. The highest BCUT2D eigenvalue weighted by atomic mass is 32.1. The van der Waals surface area contributed by atoms with Gasteiger partial charge in [-0.05, 0) is 40.1 Å². The van der Waals surface area contributed by atoms with Gasteiger partial charge < -0.3 is 4.74 Å². The minimum Gasteiger partial charge on any atom is -0.485 e. The lowest BCUT2D eigenvalue weighted by molar-refractivity contribution is -0.137. The van der Waals surface area contributed by atoms with Gasteiger partial charge in [0.2, 0.25) is 0 Å². The first-order valence-corrected chi connectivity index (χ1v) is 6.25. The molecule has 0 atom stereocenters. The summed E-state index contributed by atoms with van der Waals surface area (Å²) in [6.07, 6.45) is -3.92. The number of fused-ring (bicyclic) bond motifs is 1. The van der Waals surface area contributed by atoms with E-state index >= 15 is 0 Å². The molecule has 0 bridgehead atoms. The van der Waals surface area contributed by atoms with Gasteiger partial charge in [0.25, 0.3) is 0 Å². The molecule has 93 valence electrons. The summed E-state index contributed by atoms with van der Waals surface area (Å²) in [5.41, 5.74) is 1.24. The van der Waals surface area contributed by atoms with Crippen molar-refractivity contribution in [2.45, 2.75) is 12.6 Å². The zero-order valence-electron chi connectivity index (χ0n) is 9.12. The van der Waals surface area contributed by atoms with Gasteiger partial charge in [0.15, 0.2) is 0 Å². The Hall–Kier alpha value is -1.49. The fourth-order valence-corrected chi connectivity index (χ4v) is 2.65. The normalized spacial score (nSPS) is 14.4. The second-order valence-corrected chi connectivity index (χ2v) is 4.79. The topological polar surface area (TPSA) is 9.23 Å². The molecule has 0 N–H and O–H groups in total. The Morgan fingerprint density at radius 3 is 2.72 bits per heavy atom. The summed E-state index contributed by atoms with van der Waals surface area (Å²) in [5, 5.41) is 3.65. The Balaban J connectivity index is 2.21. The van der Waals surface area contributed by atoms with Crippen molar-refractivity contribution >= 4 is 11.3 Å². The summed E-state index contributed by atoms with van der Waals surface area (Å²) in [5.74, 6) is 0.543. The number of alkyl halides is 3. The maximum atomic E-state index is 12.8. The van der Waals surface area contributed by atoms with Gasteiger partial charge in [-0.15, -0.1) is 0 Å². The fourth-order valence-electron chi connectivity index (χ4n) is 1.99. The van der Waals surface area contributed by atoms with Crippen molar-refractivity contribution in [1.82, 2.24) is 0 Å². The molecule has 0 saturated carbocycles. The van der Waals surface area contributed by atoms with Crippen molar-refractivity contribution in [2.75, 3.05) is 0 Å². The Kier molecular flexibility index (Phi) is 2.59. The molecule has 0 aliphatic carbocycles. The van der Waals surface area contributed by atoms with Crippen molar-refractivity contribution in [2.24, 2.45) is 0 Å². The van der Waals surface area contributed by atoms with E-state index in [4.69, 9.17) is 4.74 Å². The molecule has 0 amide bonds. The second kappa shape index (κ2) is 4.02. The lowest BCUT2D eigenvalue weighted by atomic mass is 9.99. The molecule has 18 heavy (non-hydrogen) atoms. The standard InChI is InChI=1S/C13H8F3OS/c14-13(15,16)10-5-8-1-3-17-12(8)11(6-10)9-2-4-18-7-9/h2-7H,1H2. The van der Waals surface area contributed by atoms with Gasteiger partial charge in [0, 0.05) is 12.0 Å². The average molecular weight is 269 g/mol. The fraction of sp³-hybridized carbons (Fsp3) is 0.154. The molecule has 1 nitrogen and oxygen atoms in total. The monoisotopic (exact) mass is 269 g/mol. The predicted molar refractivity (Wildman–Crippen MR) is 63.4 cm³/mol. The quantitative estimate of drug-likeness (QED) is 0.739. The SMILES string of the molecule is FC(F)(F)c1cc2c(c(-c3ccsc3)c1)O[CH]C2. The van der Waals surface area contributed by atoms with Crippen molar-refractivity contribution in [3.05, 3.63) is 46.7 Å². The third-order valence-corrected chi connectivity index (χ3v) is 3.51. The molecule has 2 aromatic rings. The number of hydrogen-bond donors (Lipinski definition) is 0. The molecule has 1 aliphatic heterocycles. The van der Waals surface area contributed by atoms with E-state index in [1.165, 1.54) is 17.9 Å². The van der Waals surface area contributed by atoms with Crippen LogP contribution in [0.15, 0.2) is 29.0 Å². The molecule has 1 aromatic heterocycles. The number of rotatable bonds is 1. The van der Waals surface area contributed by atoms with Crippen LogP contribution in [0.1, 0.15) is 11.1 Å². The van der Waals surface area contributed by atoms with Crippen LogP contribution in [-0.2, 0) is 12.6 Å². The molecule has 0 unspecified atom stereocenters. The van der Waals surface area contributed by atoms with Gasteiger partial charge in [0.1, 0.15) is 12.4 Å². The van der Waals surface area contributed by atoms with E-state index in [2.05, 4.69) is 0 Å². The zero-order valence-corrected chi connectivity index (χ0v) is 9.94. The first-order chi connectivity index (χ1) is 8.55. The van der Waals surface area contributed by atoms with E-state index in [0.29, 0.717) is 23.3 Å². The van der Waals surface area contributed by atoms with Crippen LogP contribution >= 0.6 is 11.3 Å². The first kappa shape index (κ1) is 11.6. The molecule has 1 aromatic carbocycles. The summed E-state index contributed by atoms with van der Waals surface area (Å²) in [6, 6.07) is 4.11. The maximum absolute atomic E-state index is 12.8.